The van der Waals surface area contributed by atoms with Gasteiger partial charge in [0.25, 0.3) is 0 Å². The van der Waals surface area contributed by atoms with Gasteiger partial charge < -0.3 is 4.57 Å². The second kappa shape index (κ2) is 5.86. The average Bonchev–Trinajstić information content (AvgIpc) is 2.46. The van der Waals surface area contributed by atoms with Gasteiger partial charge in [0.05, 0.1) is 0 Å². The predicted octanol–water partition coefficient (Wildman–Crippen LogP) is 4.08. The molecular formula is C15H12F3O2P. The summed E-state index contributed by atoms with van der Waals surface area (Å²) in [6.07, 6.45) is -6.31. The molecule has 0 radical (unpaired) electrons. The number of benzene rings is 2. The van der Waals surface area contributed by atoms with E-state index in [4.69, 9.17) is 0 Å². The van der Waals surface area contributed by atoms with Crippen LogP contribution >= 0.6 is 7.14 Å². The highest BCUT2D eigenvalue weighted by Crippen LogP contribution is 2.51. The molecule has 0 aliphatic carbocycles. The van der Waals surface area contributed by atoms with Gasteiger partial charge in [0.15, 0.2) is 7.14 Å². The Morgan fingerprint density at radius 2 is 1.38 bits per heavy atom. The van der Waals surface area contributed by atoms with Gasteiger partial charge in [-0.15, -0.1) is 0 Å². The van der Waals surface area contributed by atoms with Crippen LogP contribution in [0.3, 0.4) is 0 Å². The Kier molecular flexibility index (Phi) is 4.33. The maximum Gasteiger partial charge on any atom is 0.396 e. The summed E-state index contributed by atoms with van der Waals surface area (Å²) in [6, 6.07) is 14.5. The van der Waals surface area contributed by atoms with Gasteiger partial charge in [0, 0.05) is 10.9 Å². The van der Waals surface area contributed by atoms with Crippen LogP contribution in [0.15, 0.2) is 60.7 Å². The van der Waals surface area contributed by atoms with Crippen molar-refractivity contribution in [2.24, 2.45) is 0 Å². The molecule has 2 nitrogen and oxygen atoms in total. The summed E-state index contributed by atoms with van der Waals surface area (Å²) in [5.74, 6) is 0. The molecule has 0 saturated carbocycles. The van der Waals surface area contributed by atoms with E-state index in [9.17, 15) is 22.5 Å². The van der Waals surface area contributed by atoms with Crippen molar-refractivity contribution in [2.45, 2.75) is 6.18 Å². The lowest BCUT2D eigenvalue weighted by Gasteiger charge is -2.19. The fraction of sp³-hybridized carbons (Fsp3) is 0.133. The van der Waals surface area contributed by atoms with E-state index in [1.807, 2.05) is 0 Å². The minimum atomic E-state index is -4.68. The molecule has 0 spiro atoms. The molecular weight excluding hydrogens is 300 g/mol. The Morgan fingerprint density at radius 1 is 0.905 bits per heavy atom. The van der Waals surface area contributed by atoms with E-state index in [0.29, 0.717) is 0 Å². The molecule has 1 atom stereocenters. The molecule has 2 aromatic rings. The maximum absolute atomic E-state index is 12.9. The SMILES string of the molecule is O=C(c1ccccc1)P(=O)(CC(F)(F)F)c1ccccc1. The van der Waals surface area contributed by atoms with Crippen molar-refractivity contribution < 1.29 is 22.5 Å². The summed E-state index contributed by atoms with van der Waals surface area (Å²) in [5, 5.41) is -0.0730. The minimum Gasteiger partial charge on any atom is -0.310 e. The largest absolute Gasteiger partial charge is 0.396 e. The molecule has 0 aromatic heterocycles. The molecule has 0 heterocycles. The van der Waals surface area contributed by atoms with Crippen molar-refractivity contribution in [3.8, 4) is 0 Å². The van der Waals surface area contributed by atoms with Crippen LogP contribution in [-0.4, -0.2) is 17.9 Å². The molecule has 0 aliphatic rings. The Hall–Kier alpha value is -1.87. The van der Waals surface area contributed by atoms with E-state index >= 15 is 0 Å². The van der Waals surface area contributed by atoms with Crippen LogP contribution in [-0.2, 0) is 4.57 Å². The van der Waals surface area contributed by atoms with Crippen LogP contribution in [0.5, 0.6) is 0 Å². The van der Waals surface area contributed by atoms with E-state index < -0.39 is 25.0 Å². The first-order valence-electron chi connectivity index (χ1n) is 6.14. The van der Waals surface area contributed by atoms with Crippen molar-refractivity contribution in [3.05, 3.63) is 66.2 Å². The molecule has 0 aliphatic heterocycles. The fourth-order valence-electron chi connectivity index (χ4n) is 1.99. The molecule has 1 unspecified atom stereocenters. The Morgan fingerprint density at radius 3 is 1.86 bits per heavy atom. The van der Waals surface area contributed by atoms with Crippen molar-refractivity contribution >= 4 is 18.0 Å². The highest BCUT2D eigenvalue weighted by molar-refractivity contribution is 7.87. The molecule has 2 rings (SSSR count). The quantitative estimate of drug-likeness (QED) is 0.797. The highest BCUT2D eigenvalue weighted by atomic mass is 31.2. The van der Waals surface area contributed by atoms with Gasteiger partial charge in [-0.05, 0) is 0 Å². The van der Waals surface area contributed by atoms with Crippen molar-refractivity contribution in [3.63, 3.8) is 0 Å². The number of hydrogen-bond acceptors (Lipinski definition) is 2. The van der Waals surface area contributed by atoms with Gasteiger partial charge in [-0.25, -0.2) is 0 Å². The second-order valence-electron chi connectivity index (χ2n) is 4.52. The fourth-order valence-corrected chi connectivity index (χ4v) is 4.28. The van der Waals surface area contributed by atoms with E-state index in [0.717, 1.165) is 0 Å². The van der Waals surface area contributed by atoms with Crippen LogP contribution in [0.4, 0.5) is 13.2 Å². The molecule has 0 amide bonds. The molecule has 0 bridgehead atoms. The third kappa shape index (κ3) is 3.61. The van der Waals surface area contributed by atoms with Gasteiger partial charge in [-0.1, -0.05) is 60.7 Å². The van der Waals surface area contributed by atoms with Crippen LogP contribution in [0.25, 0.3) is 0 Å². The van der Waals surface area contributed by atoms with Crippen LogP contribution < -0.4 is 5.30 Å². The Bertz CT molecular complexity index is 666. The van der Waals surface area contributed by atoms with Crippen LogP contribution in [0.2, 0.25) is 0 Å². The molecule has 0 N–H and O–H groups in total. The average molecular weight is 312 g/mol. The number of halogens is 3. The molecule has 2 aromatic carbocycles. The summed E-state index contributed by atoms with van der Waals surface area (Å²) in [5.41, 5.74) is -0.944. The Labute approximate surface area is 120 Å². The maximum atomic E-state index is 12.9. The van der Waals surface area contributed by atoms with Crippen molar-refractivity contribution in [1.82, 2.24) is 0 Å². The first-order valence-corrected chi connectivity index (χ1v) is 8.03. The summed E-state index contributed by atoms with van der Waals surface area (Å²) in [7, 11) is -4.27. The molecule has 6 heteroatoms. The number of alkyl halides is 3. The van der Waals surface area contributed by atoms with Crippen LogP contribution in [0, 0.1) is 0 Å². The first-order chi connectivity index (χ1) is 9.83. The summed E-state index contributed by atoms with van der Waals surface area (Å²) >= 11 is 0. The zero-order valence-electron chi connectivity index (χ0n) is 10.9. The summed E-state index contributed by atoms with van der Waals surface area (Å²) in [6.45, 7) is 0. The second-order valence-corrected chi connectivity index (χ2v) is 7.24. The minimum absolute atomic E-state index is 0.0222. The van der Waals surface area contributed by atoms with Gasteiger partial charge in [-0.2, -0.15) is 13.2 Å². The van der Waals surface area contributed by atoms with E-state index in [1.165, 1.54) is 48.5 Å². The van der Waals surface area contributed by atoms with E-state index in [-0.39, 0.29) is 10.9 Å². The summed E-state index contributed by atoms with van der Waals surface area (Å²) < 4.78 is 51.2. The predicted molar refractivity (Wildman–Crippen MR) is 75.4 cm³/mol. The van der Waals surface area contributed by atoms with Crippen molar-refractivity contribution in [1.29, 1.82) is 0 Å². The lowest BCUT2D eigenvalue weighted by molar-refractivity contribution is -0.106. The third-order valence-electron chi connectivity index (χ3n) is 2.92. The van der Waals surface area contributed by atoms with Gasteiger partial charge in [-0.3, -0.25) is 4.79 Å². The standard InChI is InChI=1S/C15H12F3O2P/c16-15(17,18)11-21(20,13-9-5-2-6-10-13)14(19)12-7-3-1-4-8-12/h1-10H,11H2. The molecule has 0 saturated heterocycles. The molecule has 21 heavy (non-hydrogen) atoms. The number of carbonyl (C=O) groups is 1. The first kappa shape index (κ1) is 15.5. The van der Waals surface area contributed by atoms with Crippen LogP contribution in [0.1, 0.15) is 10.4 Å². The van der Waals surface area contributed by atoms with Gasteiger partial charge in [0.1, 0.15) is 6.16 Å². The van der Waals surface area contributed by atoms with Gasteiger partial charge >= 0.3 is 6.18 Å². The molecule has 110 valence electrons. The van der Waals surface area contributed by atoms with E-state index in [2.05, 4.69) is 0 Å². The normalized spacial score (nSPS) is 14.4. The zero-order valence-corrected chi connectivity index (χ0v) is 11.8. The number of carbonyl (C=O) groups excluding carboxylic acids is 1. The topological polar surface area (TPSA) is 34.1 Å². The van der Waals surface area contributed by atoms with Crippen molar-refractivity contribution in [2.75, 3.05) is 6.16 Å². The smallest absolute Gasteiger partial charge is 0.310 e. The highest BCUT2D eigenvalue weighted by Gasteiger charge is 2.45. The molecule has 0 fully saturated rings. The number of hydrogen-bond donors (Lipinski definition) is 0. The lowest BCUT2D eigenvalue weighted by Crippen LogP contribution is -2.24. The number of rotatable bonds is 4. The zero-order chi connectivity index (χ0) is 15.5. The lowest BCUT2D eigenvalue weighted by atomic mass is 10.2. The van der Waals surface area contributed by atoms with E-state index in [1.54, 1.807) is 12.1 Å². The summed E-state index contributed by atoms with van der Waals surface area (Å²) in [4.78, 5) is 12.4. The monoisotopic (exact) mass is 312 g/mol. The third-order valence-corrected chi connectivity index (χ3v) is 5.77. The van der Waals surface area contributed by atoms with Gasteiger partial charge in [0.2, 0.25) is 5.52 Å². The Balaban J connectivity index is 2.52.